The minimum atomic E-state index is -0.415. The molecule has 0 aromatic carbocycles. The predicted octanol–water partition coefficient (Wildman–Crippen LogP) is 4.17. The molecule has 0 N–H and O–H groups in total. The Morgan fingerprint density at radius 1 is 1.06 bits per heavy atom. The minimum Gasteiger partial charge on any atom is -0.353 e. The maximum atomic E-state index is 13.2. The van der Waals surface area contributed by atoms with Crippen LogP contribution < -0.4 is 4.90 Å². The molecule has 0 unspecified atom stereocenters. The van der Waals surface area contributed by atoms with Crippen molar-refractivity contribution in [3.05, 3.63) is 90.0 Å². The molecule has 5 aromatic rings. The number of nitrogens with zero attached hydrogens (tertiary/aromatic N) is 8. The lowest BCUT2D eigenvalue weighted by Crippen LogP contribution is -2.22. The molecule has 0 saturated heterocycles. The highest BCUT2D eigenvalue weighted by Gasteiger charge is 2.16. The van der Waals surface area contributed by atoms with E-state index in [1.807, 2.05) is 43.1 Å². The molecule has 170 valence electrons. The van der Waals surface area contributed by atoms with Gasteiger partial charge in [-0.25, -0.2) is 23.6 Å². The van der Waals surface area contributed by atoms with Crippen LogP contribution in [0.25, 0.3) is 22.5 Å². The first-order chi connectivity index (χ1) is 17.0. The van der Waals surface area contributed by atoms with Gasteiger partial charge in [-0.1, -0.05) is 12.0 Å². The van der Waals surface area contributed by atoms with Crippen LogP contribution in [0.4, 0.5) is 10.2 Å². The first-order valence-electron chi connectivity index (χ1n) is 10.7. The number of nitriles is 1. The molecule has 0 saturated carbocycles. The Morgan fingerprint density at radius 3 is 2.54 bits per heavy atom. The van der Waals surface area contributed by atoms with Gasteiger partial charge in [0.15, 0.2) is 11.6 Å². The third kappa shape index (κ3) is 3.96. The van der Waals surface area contributed by atoms with E-state index >= 15 is 0 Å². The van der Waals surface area contributed by atoms with Gasteiger partial charge in [-0.05, 0) is 36.8 Å². The van der Waals surface area contributed by atoms with Gasteiger partial charge in [-0.3, -0.25) is 0 Å². The summed E-state index contributed by atoms with van der Waals surface area (Å²) in [5.74, 6) is 3.51. The first kappa shape index (κ1) is 21.8. The van der Waals surface area contributed by atoms with E-state index < -0.39 is 5.82 Å². The molecule has 9 heteroatoms. The van der Waals surface area contributed by atoms with Crippen molar-refractivity contribution in [2.24, 2.45) is 0 Å². The molecule has 0 aliphatic rings. The average Bonchev–Trinajstić information content (AvgIpc) is 3.53. The average molecular weight is 462 g/mol. The summed E-state index contributed by atoms with van der Waals surface area (Å²) >= 11 is 0. The van der Waals surface area contributed by atoms with Gasteiger partial charge in [0.25, 0.3) is 0 Å². The molecular formula is C26H19FN8. The third-order valence-electron chi connectivity index (χ3n) is 5.94. The van der Waals surface area contributed by atoms with E-state index in [2.05, 4.69) is 32.2 Å². The van der Waals surface area contributed by atoms with Crippen molar-refractivity contribution >= 4 is 11.3 Å². The molecule has 35 heavy (non-hydrogen) atoms. The third-order valence-corrected chi connectivity index (χ3v) is 5.94. The maximum absolute atomic E-state index is 13.2. The van der Waals surface area contributed by atoms with Gasteiger partial charge in [-0.15, -0.1) is 6.42 Å². The standard InChI is InChI=1S/C26H19FN8/c1-4-18-9-23(26-21(10-28)13-31-35(26)15-18)20-6-7-24(29-12-20)33(3)17(2)19-5-8-25(30-11-19)34-16-22(27)14-32-34/h1,5-9,11-17H,2-3H3/t17-/m0/s1. The molecule has 0 bridgehead atoms. The number of anilines is 1. The Balaban J connectivity index is 1.42. The molecule has 0 fully saturated rings. The van der Waals surface area contributed by atoms with Gasteiger partial charge in [0.2, 0.25) is 0 Å². The van der Waals surface area contributed by atoms with Gasteiger partial charge in [0, 0.05) is 42.3 Å². The molecule has 5 aromatic heterocycles. The highest BCUT2D eigenvalue weighted by atomic mass is 19.1. The zero-order valence-electron chi connectivity index (χ0n) is 19.0. The van der Waals surface area contributed by atoms with Crippen LogP contribution in [-0.4, -0.2) is 36.4 Å². The Labute approximate surface area is 200 Å². The highest BCUT2D eigenvalue weighted by molar-refractivity contribution is 5.85. The minimum absolute atomic E-state index is 0.0271. The fourth-order valence-electron chi connectivity index (χ4n) is 3.88. The summed E-state index contributed by atoms with van der Waals surface area (Å²) in [6, 6.07) is 11.6. The SMILES string of the molecule is C#Cc1cc(-c2ccc(N(C)[C@@H](C)c3ccc(-n4cc(F)cn4)nc3)nc2)c2c(C#N)cnn2c1. The van der Waals surface area contributed by atoms with E-state index in [-0.39, 0.29) is 6.04 Å². The number of fused-ring (bicyclic) bond motifs is 1. The van der Waals surface area contributed by atoms with Crippen LogP contribution >= 0.6 is 0 Å². The topological polar surface area (TPSA) is 87.9 Å². The largest absolute Gasteiger partial charge is 0.353 e. The fourth-order valence-corrected chi connectivity index (χ4v) is 3.88. The summed E-state index contributed by atoms with van der Waals surface area (Å²) in [4.78, 5) is 11.1. The first-order valence-corrected chi connectivity index (χ1v) is 10.7. The Bertz CT molecular complexity index is 1600. The van der Waals surface area contributed by atoms with Gasteiger partial charge < -0.3 is 4.90 Å². The summed E-state index contributed by atoms with van der Waals surface area (Å²) < 4.78 is 16.2. The number of hydrogen-bond donors (Lipinski definition) is 0. The summed E-state index contributed by atoms with van der Waals surface area (Å²) in [5.41, 5.74) is 4.39. The van der Waals surface area contributed by atoms with E-state index in [1.54, 1.807) is 29.2 Å². The molecule has 0 aliphatic heterocycles. The Hall–Kier alpha value is -5.02. The van der Waals surface area contributed by atoms with E-state index in [0.29, 0.717) is 22.5 Å². The zero-order valence-corrected chi connectivity index (χ0v) is 19.0. The normalized spacial score (nSPS) is 11.7. The lowest BCUT2D eigenvalue weighted by molar-refractivity contribution is 0.627. The number of rotatable bonds is 5. The van der Waals surface area contributed by atoms with Crippen LogP contribution in [0.2, 0.25) is 0 Å². The second-order valence-corrected chi connectivity index (χ2v) is 7.99. The van der Waals surface area contributed by atoms with Crippen molar-refractivity contribution in [1.82, 2.24) is 29.4 Å². The lowest BCUT2D eigenvalue weighted by Gasteiger charge is -2.26. The predicted molar refractivity (Wildman–Crippen MR) is 129 cm³/mol. The summed E-state index contributed by atoms with van der Waals surface area (Å²) in [7, 11) is 1.95. The number of halogens is 1. The van der Waals surface area contributed by atoms with Crippen LogP contribution in [0.15, 0.2) is 67.5 Å². The molecule has 0 radical (unpaired) electrons. The lowest BCUT2D eigenvalue weighted by atomic mass is 10.0. The number of pyridine rings is 3. The number of aromatic nitrogens is 6. The van der Waals surface area contributed by atoms with Crippen LogP contribution in [0.5, 0.6) is 0 Å². The smallest absolute Gasteiger partial charge is 0.161 e. The van der Waals surface area contributed by atoms with E-state index in [1.165, 1.54) is 17.1 Å². The van der Waals surface area contributed by atoms with E-state index in [0.717, 1.165) is 28.7 Å². The van der Waals surface area contributed by atoms with Gasteiger partial charge >= 0.3 is 0 Å². The van der Waals surface area contributed by atoms with E-state index in [9.17, 15) is 9.65 Å². The molecule has 8 nitrogen and oxygen atoms in total. The van der Waals surface area contributed by atoms with Crippen molar-refractivity contribution in [2.45, 2.75) is 13.0 Å². The molecule has 1 atom stereocenters. The zero-order chi connectivity index (χ0) is 24.5. The Kier molecular flexibility index (Phi) is 5.44. The maximum Gasteiger partial charge on any atom is 0.161 e. The van der Waals surface area contributed by atoms with Crippen molar-refractivity contribution in [3.63, 3.8) is 0 Å². The van der Waals surface area contributed by atoms with Crippen LogP contribution in [0, 0.1) is 29.5 Å². The van der Waals surface area contributed by atoms with Crippen molar-refractivity contribution < 1.29 is 4.39 Å². The molecule has 0 spiro atoms. The molecule has 5 heterocycles. The molecular weight excluding hydrogens is 443 g/mol. The molecule has 0 aliphatic carbocycles. The summed E-state index contributed by atoms with van der Waals surface area (Å²) in [6.45, 7) is 2.05. The summed E-state index contributed by atoms with van der Waals surface area (Å²) in [6.07, 6.45) is 14.8. The van der Waals surface area contributed by atoms with Crippen molar-refractivity contribution in [3.8, 4) is 35.4 Å². The second kappa shape index (κ2) is 8.73. The van der Waals surface area contributed by atoms with E-state index in [4.69, 9.17) is 6.42 Å². The Morgan fingerprint density at radius 2 is 1.91 bits per heavy atom. The summed E-state index contributed by atoms with van der Waals surface area (Å²) in [5, 5.41) is 17.7. The van der Waals surface area contributed by atoms with Crippen molar-refractivity contribution in [2.75, 3.05) is 11.9 Å². The fraction of sp³-hybridized carbons (Fsp3) is 0.115. The van der Waals surface area contributed by atoms with Gasteiger partial charge in [-0.2, -0.15) is 15.5 Å². The van der Waals surface area contributed by atoms with Crippen LogP contribution in [0.3, 0.4) is 0 Å². The number of terminal acetylenes is 1. The molecule has 5 rings (SSSR count). The quantitative estimate of drug-likeness (QED) is 0.365. The van der Waals surface area contributed by atoms with Crippen LogP contribution in [-0.2, 0) is 0 Å². The second-order valence-electron chi connectivity index (χ2n) is 7.99. The van der Waals surface area contributed by atoms with Crippen LogP contribution in [0.1, 0.15) is 29.7 Å². The molecule has 0 amide bonds. The van der Waals surface area contributed by atoms with Crippen molar-refractivity contribution in [1.29, 1.82) is 5.26 Å². The monoisotopic (exact) mass is 462 g/mol. The number of hydrogen-bond acceptors (Lipinski definition) is 6. The van der Waals surface area contributed by atoms with Gasteiger partial charge in [0.1, 0.15) is 11.9 Å². The highest BCUT2D eigenvalue weighted by Crippen LogP contribution is 2.30. The van der Waals surface area contributed by atoms with Gasteiger partial charge in [0.05, 0.1) is 35.7 Å².